The highest BCUT2D eigenvalue weighted by molar-refractivity contribution is 6.06. The molecule has 11 rings (SSSR count). The molecule has 2 aromatic heterocycles. The standard InChI is InChI=1S/C47H28N4/c1-2-15-30(16-3-1)44-49-45(32-27-26-29-14-4-5-17-31(29)28-32)51-46(50-44)43-41-35-20-8-12-24-39(35)47(42(41)36-21-9-13-25-40(36)48-43)37-22-10-6-18-33(37)34-19-7-11-23-38(34)47/h1-28H. The first-order valence-electron chi connectivity index (χ1n) is 17.3. The van der Waals surface area contributed by atoms with Crippen LogP contribution in [0, 0.1) is 0 Å². The Morgan fingerprint density at radius 3 is 1.67 bits per heavy atom. The van der Waals surface area contributed by atoms with Crippen LogP contribution in [0.5, 0.6) is 0 Å². The molecule has 0 radical (unpaired) electrons. The van der Waals surface area contributed by atoms with Crippen LogP contribution in [-0.2, 0) is 5.41 Å². The zero-order chi connectivity index (χ0) is 33.5. The third-order valence-corrected chi connectivity index (χ3v) is 10.7. The van der Waals surface area contributed by atoms with Crippen LogP contribution in [0.2, 0.25) is 0 Å². The van der Waals surface area contributed by atoms with Crippen molar-refractivity contribution in [1.82, 2.24) is 19.9 Å². The highest BCUT2D eigenvalue weighted by Crippen LogP contribution is 2.65. The number of hydrogen-bond acceptors (Lipinski definition) is 4. The zero-order valence-corrected chi connectivity index (χ0v) is 27.5. The minimum absolute atomic E-state index is 0.535. The zero-order valence-electron chi connectivity index (χ0n) is 27.5. The summed E-state index contributed by atoms with van der Waals surface area (Å²) >= 11 is 0. The molecule has 0 amide bonds. The third kappa shape index (κ3) is 3.90. The van der Waals surface area contributed by atoms with E-state index in [0.29, 0.717) is 17.5 Å². The van der Waals surface area contributed by atoms with Gasteiger partial charge in [0.2, 0.25) is 0 Å². The van der Waals surface area contributed by atoms with Gasteiger partial charge in [0.1, 0.15) is 5.69 Å². The summed E-state index contributed by atoms with van der Waals surface area (Å²) < 4.78 is 0. The first-order chi connectivity index (χ1) is 25.3. The number of hydrogen-bond donors (Lipinski definition) is 0. The number of nitrogens with zero attached hydrogens (tertiary/aromatic N) is 4. The number of fused-ring (bicyclic) bond motifs is 13. The van der Waals surface area contributed by atoms with Crippen LogP contribution in [0.15, 0.2) is 170 Å². The fourth-order valence-corrected chi connectivity index (χ4v) is 8.64. The van der Waals surface area contributed by atoms with Crippen molar-refractivity contribution in [2.45, 2.75) is 5.41 Å². The van der Waals surface area contributed by atoms with Crippen LogP contribution in [0.1, 0.15) is 22.3 Å². The molecular formula is C47H28N4. The van der Waals surface area contributed by atoms with Gasteiger partial charge in [-0.25, -0.2) is 19.9 Å². The summed E-state index contributed by atoms with van der Waals surface area (Å²) in [6.07, 6.45) is 0. The van der Waals surface area contributed by atoms with Crippen molar-refractivity contribution in [3.8, 4) is 56.5 Å². The maximum absolute atomic E-state index is 5.45. The highest BCUT2D eigenvalue weighted by Gasteiger charge is 2.53. The van der Waals surface area contributed by atoms with Crippen LogP contribution in [0.25, 0.3) is 78.2 Å². The van der Waals surface area contributed by atoms with Crippen LogP contribution in [0.3, 0.4) is 0 Å². The van der Waals surface area contributed by atoms with Gasteiger partial charge in [0.25, 0.3) is 0 Å². The largest absolute Gasteiger partial charge is 0.244 e. The number of benzene rings is 7. The molecule has 2 heterocycles. The molecule has 0 fully saturated rings. The average molecular weight is 649 g/mol. The van der Waals surface area contributed by atoms with Crippen LogP contribution < -0.4 is 0 Å². The van der Waals surface area contributed by atoms with E-state index in [9.17, 15) is 0 Å². The van der Waals surface area contributed by atoms with E-state index < -0.39 is 5.41 Å². The summed E-state index contributed by atoms with van der Waals surface area (Å²) in [5.74, 6) is 1.79. The van der Waals surface area contributed by atoms with E-state index in [-0.39, 0.29) is 0 Å². The van der Waals surface area contributed by atoms with E-state index >= 15 is 0 Å². The van der Waals surface area contributed by atoms with Gasteiger partial charge in [0, 0.05) is 22.1 Å². The Hall–Kier alpha value is -6.78. The molecule has 0 unspecified atom stereocenters. The quantitative estimate of drug-likeness (QED) is 0.191. The van der Waals surface area contributed by atoms with Crippen molar-refractivity contribution in [2.24, 2.45) is 0 Å². The maximum atomic E-state index is 5.45. The summed E-state index contributed by atoms with van der Waals surface area (Å²) in [5, 5.41) is 3.44. The first kappa shape index (κ1) is 28.1. The van der Waals surface area contributed by atoms with E-state index in [1.54, 1.807) is 0 Å². The third-order valence-electron chi connectivity index (χ3n) is 10.7. The summed E-state index contributed by atoms with van der Waals surface area (Å²) in [6.45, 7) is 0. The molecule has 4 nitrogen and oxygen atoms in total. The summed E-state index contributed by atoms with van der Waals surface area (Å²) in [5.41, 5.74) is 12.8. The lowest BCUT2D eigenvalue weighted by Gasteiger charge is -2.31. The lowest BCUT2D eigenvalue weighted by atomic mass is 9.69. The normalized spacial score (nSPS) is 13.3. The Labute approximate surface area is 294 Å². The molecule has 0 saturated heterocycles. The molecule has 0 saturated carbocycles. The van der Waals surface area contributed by atoms with Gasteiger partial charge in [0.05, 0.1) is 10.9 Å². The van der Waals surface area contributed by atoms with Gasteiger partial charge >= 0.3 is 0 Å². The molecule has 51 heavy (non-hydrogen) atoms. The van der Waals surface area contributed by atoms with Crippen LogP contribution in [0.4, 0.5) is 0 Å². The molecule has 0 N–H and O–H groups in total. The molecule has 7 aromatic carbocycles. The topological polar surface area (TPSA) is 51.6 Å². The lowest BCUT2D eigenvalue weighted by Crippen LogP contribution is -2.26. The van der Waals surface area contributed by atoms with Crippen molar-refractivity contribution >= 4 is 21.7 Å². The van der Waals surface area contributed by atoms with E-state index in [1.165, 1.54) is 38.8 Å². The number of aromatic nitrogens is 4. The smallest absolute Gasteiger partial charge is 0.183 e. The fraction of sp³-hybridized carbons (Fsp3) is 0.0213. The first-order valence-corrected chi connectivity index (χ1v) is 17.3. The summed E-state index contributed by atoms with van der Waals surface area (Å²) in [4.78, 5) is 21.1. The average Bonchev–Trinajstić information content (AvgIpc) is 3.68. The van der Waals surface area contributed by atoms with Gasteiger partial charge in [-0.15, -0.1) is 0 Å². The van der Waals surface area contributed by atoms with Crippen LogP contribution >= 0.6 is 0 Å². The van der Waals surface area contributed by atoms with Crippen molar-refractivity contribution in [1.29, 1.82) is 0 Å². The molecule has 0 bridgehead atoms. The molecule has 236 valence electrons. The second-order valence-corrected chi connectivity index (χ2v) is 13.3. The molecule has 9 aromatic rings. The molecule has 2 aliphatic carbocycles. The Bertz CT molecular complexity index is 2830. The Kier molecular flexibility index (Phi) is 5.84. The Morgan fingerprint density at radius 1 is 0.373 bits per heavy atom. The summed E-state index contributed by atoms with van der Waals surface area (Å²) in [7, 11) is 0. The van der Waals surface area contributed by atoms with Crippen molar-refractivity contribution in [2.75, 3.05) is 0 Å². The fourth-order valence-electron chi connectivity index (χ4n) is 8.64. The molecule has 2 aliphatic rings. The van der Waals surface area contributed by atoms with Gasteiger partial charge < -0.3 is 0 Å². The minimum atomic E-state index is -0.535. The summed E-state index contributed by atoms with van der Waals surface area (Å²) in [6, 6.07) is 60.1. The molecular weight excluding hydrogens is 621 g/mol. The second-order valence-electron chi connectivity index (χ2n) is 13.3. The predicted molar refractivity (Wildman–Crippen MR) is 205 cm³/mol. The monoisotopic (exact) mass is 648 g/mol. The van der Waals surface area contributed by atoms with Crippen molar-refractivity contribution in [3.05, 3.63) is 192 Å². The number of pyridine rings is 1. The maximum Gasteiger partial charge on any atom is 0.183 e. The van der Waals surface area contributed by atoms with Crippen molar-refractivity contribution in [3.63, 3.8) is 0 Å². The van der Waals surface area contributed by atoms with Gasteiger partial charge in [-0.05, 0) is 61.8 Å². The predicted octanol–water partition coefficient (Wildman–Crippen LogP) is 10.9. The van der Waals surface area contributed by atoms with E-state index in [1.807, 2.05) is 18.2 Å². The van der Waals surface area contributed by atoms with E-state index in [4.69, 9.17) is 19.9 Å². The Morgan fingerprint density at radius 2 is 0.922 bits per heavy atom. The van der Waals surface area contributed by atoms with Gasteiger partial charge in [0.15, 0.2) is 17.5 Å². The Balaban J connectivity index is 1.27. The molecule has 0 atom stereocenters. The van der Waals surface area contributed by atoms with Gasteiger partial charge in [-0.2, -0.15) is 0 Å². The van der Waals surface area contributed by atoms with Crippen molar-refractivity contribution < 1.29 is 0 Å². The number of para-hydroxylation sites is 1. The van der Waals surface area contributed by atoms with Gasteiger partial charge in [-0.1, -0.05) is 158 Å². The SMILES string of the molecule is c1ccc(-c2nc(-c3ccc4ccccc4c3)nc(-c3nc4ccccc4c4c3-c3ccccc3C43c4ccccc4-c4ccccc43)n2)cc1. The molecule has 4 heteroatoms. The lowest BCUT2D eigenvalue weighted by molar-refractivity contribution is 0.800. The van der Waals surface area contributed by atoms with E-state index in [2.05, 4.69) is 152 Å². The minimum Gasteiger partial charge on any atom is -0.244 e. The van der Waals surface area contributed by atoms with Crippen LogP contribution in [-0.4, -0.2) is 19.9 Å². The molecule has 1 spiro atoms. The molecule has 0 aliphatic heterocycles. The number of rotatable bonds is 3. The second kappa shape index (κ2) is 10.6. The van der Waals surface area contributed by atoms with Gasteiger partial charge in [-0.3, -0.25) is 0 Å². The van der Waals surface area contributed by atoms with E-state index in [0.717, 1.165) is 44.2 Å². The highest BCUT2D eigenvalue weighted by atomic mass is 15.0.